The third kappa shape index (κ3) is 3.17. The van der Waals surface area contributed by atoms with Crippen LogP contribution in [0.3, 0.4) is 0 Å². The van der Waals surface area contributed by atoms with Gasteiger partial charge in [-0.15, -0.1) is 21.5 Å². The summed E-state index contributed by atoms with van der Waals surface area (Å²) in [5.74, 6) is 1.68. The number of thiazole rings is 1. The molecule has 0 bridgehead atoms. The molecule has 0 saturated carbocycles. The molecule has 4 nitrogen and oxygen atoms in total. The molecule has 0 aliphatic heterocycles. The molecule has 0 saturated heterocycles. The number of hydrogen-bond donors (Lipinski definition) is 0. The Bertz CT molecular complexity index is 664. The van der Waals surface area contributed by atoms with E-state index in [-0.39, 0.29) is 0 Å². The van der Waals surface area contributed by atoms with Crippen LogP contribution in [0.25, 0.3) is 10.6 Å². The number of hydrogen-bond acceptors (Lipinski definition) is 7. The summed E-state index contributed by atoms with van der Waals surface area (Å²) in [7, 11) is 1.67. The first-order valence-corrected chi connectivity index (χ1v) is 8.57. The molecule has 0 aliphatic carbocycles. The summed E-state index contributed by atoms with van der Waals surface area (Å²) in [4.78, 5) is 4.65. The Balaban J connectivity index is 1.69. The number of thioether (sulfide) groups is 1. The highest BCUT2D eigenvalue weighted by Gasteiger charge is 2.06. The fraction of sp³-hybridized carbons (Fsp3) is 0.154. The summed E-state index contributed by atoms with van der Waals surface area (Å²) in [6.45, 7) is 0. The van der Waals surface area contributed by atoms with E-state index in [0.717, 1.165) is 32.1 Å². The highest BCUT2D eigenvalue weighted by molar-refractivity contribution is 8.00. The van der Waals surface area contributed by atoms with Crippen molar-refractivity contribution in [2.24, 2.45) is 0 Å². The number of rotatable bonds is 5. The van der Waals surface area contributed by atoms with Crippen molar-refractivity contribution >= 4 is 34.4 Å². The summed E-state index contributed by atoms with van der Waals surface area (Å²) < 4.78 is 6.13. The molecule has 2 heterocycles. The minimum Gasteiger partial charge on any atom is -0.497 e. The Labute approximate surface area is 128 Å². The predicted molar refractivity (Wildman–Crippen MR) is 83.6 cm³/mol. The van der Waals surface area contributed by atoms with Gasteiger partial charge in [-0.25, -0.2) is 4.98 Å². The smallest absolute Gasteiger partial charge is 0.174 e. The zero-order chi connectivity index (χ0) is 13.8. The Morgan fingerprint density at radius 1 is 1.20 bits per heavy atom. The normalized spacial score (nSPS) is 10.7. The third-order valence-corrected chi connectivity index (χ3v) is 5.41. The van der Waals surface area contributed by atoms with Crippen molar-refractivity contribution in [2.75, 3.05) is 7.11 Å². The number of nitrogens with zero attached hydrogens (tertiary/aromatic N) is 3. The van der Waals surface area contributed by atoms with Crippen LogP contribution in [-0.4, -0.2) is 22.3 Å². The van der Waals surface area contributed by atoms with Gasteiger partial charge in [-0.3, -0.25) is 0 Å². The monoisotopic (exact) mass is 321 g/mol. The first-order valence-electron chi connectivity index (χ1n) is 5.83. The topological polar surface area (TPSA) is 47.9 Å². The second-order valence-corrected chi connectivity index (χ2v) is 6.78. The van der Waals surface area contributed by atoms with Crippen LogP contribution in [0.15, 0.2) is 39.5 Å². The van der Waals surface area contributed by atoms with Crippen LogP contribution < -0.4 is 4.74 Å². The lowest BCUT2D eigenvalue weighted by Gasteiger charge is -2.00. The van der Waals surface area contributed by atoms with Crippen LogP contribution in [0.1, 0.15) is 5.69 Å². The Morgan fingerprint density at radius 2 is 2.05 bits per heavy atom. The fourth-order valence-corrected chi connectivity index (χ4v) is 3.91. The average Bonchev–Trinajstić information content (AvgIpc) is 3.17. The Hall–Kier alpha value is -1.44. The molecule has 7 heteroatoms. The van der Waals surface area contributed by atoms with E-state index in [9.17, 15) is 0 Å². The second kappa shape index (κ2) is 6.34. The SMILES string of the molecule is COc1ccc(-c2nc(CSc3nncs3)cs2)cc1. The van der Waals surface area contributed by atoms with Gasteiger partial charge in [-0.2, -0.15) is 0 Å². The maximum atomic E-state index is 5.16. The molecular weight excluding hydrogens is 310 g/mol. The van der Waals surface area contributed by atoms with Crippen molar-refractivity contribution < 1.29 is 4.74 Å². The van der Waals surface area contributed by atoms with Gasteiger partial charge in [-0.1, -0.05) is 23.1 Å². The van der Waals surface area contributed by atoms with E-state index in [1.165, 1.54) is 0 Å². The minimum absolute atomic E-state index is 0.821. The molecule has 3 rings (SSSR count). The number of ether oxygens (including phenoxy) is 1. The van der Waals surface area contributed by atoms with Gasteiger partial charge in [0.05, 0.1) is 12.8 Å². The second-order valence-electron chi connectivity index (χ2n) is 3.87. The molecule has 2 aromatic heterocycles. The van der Waals surface area contributed by atoms with E-state index < -0.39 is 0 Å². The van der Waals surface area contributed by atoms with Gasteiger partial charge >= 0.3 is 0 Å². The van der Waals surface area contributed by atoms with Gasteiger partial charge < -0.3 is 4.74 Å². The number of aromatic nitrogens is 3. The van der Waals surface area contributed by atoms with Crippen molar-refractivity contribution in [2.45, 2.75) is 10.1 Å². The van der Waals surface area contributed by atoms with Crippen molar-refractivity contribution in [3.8, 4) is 16.3 Å². The lowest BCUT2D eigenvalue weighted by molar-refractivity contribution is 0.415. The van der Waals surface area contributed by atoms with E-state index in [1.807, 2.05) is 24.3 Å². The van der Waals surface area contributed by atoms with Crippen LogP contribution in [0.2, 0.25) is 0 Å². The molecule has 0 atom stereocenters. The maximum Gasteiger partial charge on any atom is 0.174 e. The molecular formula is C13H11N3OS3. The van der Waals surface area contributed by atoms with Gasteiger partial charge in [0.2, 0.25) is 0 Å². The first kappa shape index (κ1) is 13.5. The summed E-state index contributed by atoms with van der Waals surface area (Å²) in [6.07, 6.45) is 0. The lowest BCUT2D eigenvalue weighted by Crippen LogP contribution is -1.84. The molecule has 1 aromatic carbocycles. The van der Waals surface area contributed by atoms with E-state index in [1.54, 1.807) is 47.1 Å². The van der Waals surface area contributed by atoms with E-state index in [4.69, 9.17) is 4.74 Å². The van der Waals surface area contributed by atoms with Crippen LogP contribution in [0.5, 0.6) is 5.75 Å². The Kier molecular flexibility index (Phi) is 4.29. The zero-order valence-electron chi connectivity index (χ0n) is 10.6. The van der Waals surface area contributed by atoms with Crippen LogP contribution in [-0.2, 0) is 5.75 Å². The van der Waals surface area contributed by atoms with Crippen molar-refractivity contribution in [3.05, 3.63) is 40.8 Å². The van der Waals surface area contributed by atoms with Gasteiger partial charge in [-0.05, 0) is 24.3 Å². The quantitative estimate of drug-likeness (QED) is 0.666. The molecule has 102 valence electrons. The lowest BCUT2D eigenvalue weighted by atomic mass is 10.2. The van der Waals surface area contributed by atoms with Gasteiger partial charge in [0.15, 0.2) is 4.34 Å². The molecule has 20 heavy (non-hydrogen) atoms. The number of benzene rings is 1. The fourth-order valence-electron chi connectivity index (χ4n) is 1.60. The first-order chi connectivity index (χ1) is 9.85. The molecule has 0 fully saturated rings. The standard InChI is InChI=1S/C13H11N3OS3/c1-17-11-4-2-9(3-5-11)12-15-10(6-18-12)7-19-13-16-14-8-20-13/h2-6,8H,7H2,1H3. The highest BCUT2D eigenvalue weighted by atomic mass is 32.2. The van der Waals surface area contributed by atoms with E-state index in [2.05, 4.69) is 20.6 Å². The largest absolute Gasteiger partial charge is 0.497 e. The van der Waals surface area contributed by atoms with E-state index >= 15 is 0 Å². The van der Waals surface area contributed by atoms with E-state index in [0.29, 0.717) is 0 Å². The third-order valence-electron chi connectivity index (χ3n) is 2.57. The van der Waals surface area contributed by atoms with Crippen LogP contribution in [0.4, 0.5) is 0 Å². The molecule has 0 unspecified atom stereocenters. The highest BCUT2D eigenvalue weighted by Crippen LogP contribution is 2.29. The van der Waals surface area contributed by atoms with Crippen molar-refractivity contribution in [3.63, 3.8) is 0 Å². The van der Waals surface area contributed by atoms with Crippen molar-refractivity contribution in [1.29, 1.82) is 0 Å². The Morgan fingerprint density at radius 3 is 2.75 bits per heavy atom. The summed E-state index contributed by atoms with van der Waals surface area (Å²) in [5.41, 5.74) is 3.93. The molecule has 0 aliphatic rings. The molecule has 0 radical (unpaired) electrons. The van der Waals surface area contributed by atoms with Gasteiger partial charge in [0.1, 0.15) is 16.3 Å². The molecule has 0 N–H and O–H groups in total. The zero-order valence-corrected chi connectivity index (χ0v) is 13.1. The molecule has 0 spiro atoms. The van der Waals surface area contributed by atoms with Crippen molar-refractivity contribution in [1.82, 2.24) is 15.2 Å². The van der Waals surface area contributed by atoms with Crippen LogP contribution in [0, 0.1) is 0 Å². The maximum absolute atomic E-state index is 5.16. The summed E-state index contributed by atoms with van der Waals surface area (Å²) in [5, 5.41) is 10.9. The number of methoxy groups -OCH3 is 1. The minimum atomic E-state index is 0.821. The average molecular weight is 321 g/mol. The summed E-state index contributed by atoms with van der Waals surface area (Å²) in [6, 6.07) is 7.96. The molecule has 3 aromatic rings. The van der Waals surface area contributed by atoms with Gasteiger partial charge in [0, 0.05) is 16.7 Å². The summed E-state index contributed by atoms with van der Waals surface area (Å²) >= 11 is 4.87. The van der Waals surface area contributed by atoms with Crippen LogP contribution >= 0.6 is 34.4 Å². The molecule has 0 amide bonds. The van der Waals surface area contributed by atoms with Gasteiger partial charge in [0.25, 0.3) is 0 Å². The predicted octanol–water partition coefficient (Wildman–Crippen LogP) is 3.96.